The van der Waals surface area contributed by atoms with Gasteiger partial charge in [-0.2, -0.15) is 0 Å². The number of nitrogens with one attached hydrogen (secondary N) is 1. The van der Waals surface area contributed by atoms with E-state index < -0.39 is 0 Å². The molecule has 0 radical (unpaired) electrons. The van der Waals surface area contributed by atoms with Crippen LogP contribution in [0.15, 0.2) is 24.3 Å². The molecule has 1 aromatic carbocycles. The molecular weight excluding hydrogens is 222 g/mol. The van der Waals surface area contributed by atoms with Gasteiger partial charge in [0.15, 0.2) is 0 Å². The quantitative estimate of drug-likeness (QED) is 0.868. The number of H-pyrrole nitrogens is 1. The molecule has 2 heterocycles. The van der Waals surface area contributed by atoms with Crippen molar-refractivity contribution in [2.75, 3.05) is 19.6 Å². The van der Waals surface area contributed by atoms with E-state index in [0.717, 1.165) is 19.6 Å². The Kier molecular flexibility index (Phi) is 3.10. The number of aryl methyl sites for hydroxylation is 1. The van der Waals surface area contributed by atoms with Gasteiger partial charge >= 0.3 is 0 Å². The van der Waals surface area contributed by atoms with Crippen molar-refractivity contribution >= 4 is 10.9 Å². The van der Waals surface area contributed by atoms with Crippen molar-refractivity contribution in [3.63, 3.8) is 0 Å². The van der Waals surface area contributed by atoms with Crippen LogP contribution in [0.2, 0.25) is 0 Å². The molecular formula is C15H21N3. The van der Waals surface area contributed by atoms with Gasteiger partial charge in [-0.15, -0.1) is 0 Å². The first-order valence-electron chi connectivity index (χ1n) is 6.76. The largest absolute Gasteiger partial charge is 0.358 e. The van der Waals surface area contributed by atoms with E-state index >= 15 is 0 Å². The second-order valence-electron chi connectivity index (χ2n) is 5.40. The highest BCUT2D eigenvalue weighted by Gasteiger charge is 2.22. The van der Waals surface area contributed by atoms with Crippen molar-refractivity contribution in [1.82, 2.24) is 9.88 Å². The monoisotopic (exact) mass is 243 g/mol. The first-order chi connectivity index (χ1) is 8.78. The van der Waals surface area contributed by atoms with Gasteiger partial charge in [-0.05, 0) is 44.0 Å². The Hall–Kier alpha value is -1.32. The van der Waals surface area contributed by atoms with Gasteiger partial charge in [-0.1, -0.05) is 18.2 Å². The summed E-state index contributed by atoms with van der Waals surface area (Å²) < 4.78 is 0. The third kappa shape index (κ3) is 2.04. The van der Waals surface area contributed by atoms with Crippen molar-refractivity contribution in [1.29, 1.82) is 0 Å². The van der Waals surface area contributed by atoms with E-state index in [4.69, 9.17) is 5.73 Å². The van der Waals surface area contributed by atoms with Crippen LogP contribution in [-0.2, 0) is 6.54 Å². The normalized spacial score (nSPS) is 20.9. The maximum absolute atomic E-state index is 5.76. The molecule has 1 aromatic heterocycles. The number of aromatic nitrogens is 1. The van der Waals surface area contributed by atoms with Gasteiger partial charge in [-0.3, -0.25) is 4.90 Å². The fourth-order valence-electron chi connectivity index (χ4n) is 3.01. The van der Waals surface area contributed by atoms with E-state index in [2.05, 4.69) is 41.1 Å². The van der Waals surface area contributed by atoms with Crippen LogP contribution in [0.1, 0.15) is 17.7 Å². The Morgan fingerprint density at radius 2 is 2.22 bits per heavy atom. The number of nitrogens with two attached hydrogens (primary N) is 1. The molecule has 0 spiro atoms. The standard InChI is InChI=1S/C15H21N3/c1-11-14(10-18-7-6-12(8-16)9-18)13-4-2-3-5-15(13)17-11/h2-5,12,17H,6-10,16H2,1H3. The summed E-state index contributed by atoms with van der Waals surface area (Å²) in [6, 6.07) is 8.57. The van der Waals surface area contributed by atoms with Gasteiger partial charge in [-0.25, -0.2) is 0 Å². The molecule has 3 nitrogen and oxygen atoms in total. The summed E-state index contributed by atoms with van der Waals surface area (Å²) >= 11 is 0. The summed E-state index contributed by atoms with van der Waals surface area (Å²) in [7, 11) is 0. The number of hydrogen-bond donors (Lipinski definition) is 2. The Labute approximate surface area is 108 Å². The summed E-state index contributed by atoms with van der Waals surface area (Å²) in [4.78, 5) is 6.00. The van der Waals surface area contributed by atoms with Crippen molar-refractivity contribution in [3.05, 3.63) is 35.5 Å². The van der Waals surface area contributed by atoms with Crippen LogP contribution in [0.5, 0.6) is 0 Å². The zero-order valence-corrected chi connectivity index (χ0v) is 10.9. The number of nitrogens with zero attached hydrogens (tertiary/aromatic N) is 1. The van der Waals surface area contributed by atoms with Crippen LogP contribution in [-0.4, -0.2) is 29.5 Å². The first-order valence-corrected chi connectivity index (χ1v) is 6.76. The first kappa shape index (κ1) is 11.8. The third-order valence-corrected chi connectivity index (χ3v) is 4.11. The van der Waals surface area contributed by atoms with Gasteiger partial charge in [0.1, 0.15) is 0 Å². The smallest absolute Gasteiger partial charge is 0.0459 e. The predicted molar refractivity (Wildman–Crippen MR) is 75.5 cm³/mol. The van der Waals surface area contributed by atoms with E-state index in [0.29, 0.717) is 5.92 Å². The van der Waals surface area contributed by atoms with Crippen LogP contribution in [0.3, 0.4) is 0 Å². The number of para-hydroxylation sites is 1. The summed E-state index contributed by atoms with van der Waals surface area (Å²) in [5.41, 5.74) is 9.75. The minimum absolute atomic E-state index is 0.690. The van der Waals surface area contributed by atoms with Gasteiger partial charge in [0, 0.05) is 29.7 Å². The molecule has 1 aliphatic heterocycles. The number of benzene rings is 1. The van der Waals surface area contributed by atoms with Crippen LogP contribution in [0, 0.1) is 12.8 Å². The summed E-state index contributed by atoms with van der Waals surface area (Å²) in [6.45, 7) is 6.37. The Morgan fingerprint density at radius 1 is 1.39 bits per heavy atom. The van der Waals surface area contributed by atoms with E-state index in [1.165, 1.54) is 35.1 Å². The predicted octanol–water partition coefficient (Wildman–Crippen LogP) is 2.26. The third-order valence-electron chi connectivity index (χ3n) is 4.11. The Morgan fingerprint density at radius 3 is 3.00 bits per heavy atom. The molecule has 1 unspecified atom stereocenters. The van der Waals surface area contributed by atoms with Crippen LogP contribution in [0.25, 0.3) is 10.9 Å². The lowest BCUT2D eigenvalue weighted by atomic mass is 10.1. The molecule has 0 amide bonds. The van der Waals surface area contributed by atoms with Gasteiger partial charge < -0.3 is 10.7 Å². The van der Waals surface area contributed by atoms with Crippen LogP contribution in [0.4, 0.5) is 0 Å². The number of fused-ring (bicyclic) bond motifs is 1. The van der Waals surface area contributed by atoms with E-state index in [1.54, 1.807) is 0 Å². The van der Waals surface area contributed by atoms with E-state index in [9.17, 15) is 0 Å². The molecule has 96 valence electrons. The number of aromatic amines is 1. The molecule has 1 atom stereocenters. The van der Waals surface area contributed by atoms with Gasteiger partial charge in [0.25, 0.3) is 0 Å². The van der Waals surface area contributed by atoms with Gasteiger partial charge in [0.05, 0.1) is 0 Å². The molecule has 18 heavy (non-hydrogen) atoms. The highest BCUT2D eigenvalue weighted by atomic mass is 15.1. The highest BCUT2D eigenvalue weighted by Crippen LogP contribution is 2.25. The minimum Gasteiger partial charge on any atom is -0.358 e. The van der Waals surface area contributed by atoms with Gasteiger partial charge in [0.2, 0.25) is 0 Å². The van der Waals surface area contributed by atoms with Crippen molar-refractivity contribution in [2.24, 2.45) is 11.7 Å². The second kappa shape index (κ2) is 4.75. The molecule has 1 aliphatic rings. The Balaban J connectivity index is 1.84. The zero-order chi connectivity index (χ0) is 12.5. The lowest BCUT2D eigenvalue weighted by molar-refractivity contribution is 0.318. The molecule has 1 fully saturated rings. The molecule has 0 saturated carbocycles. The van der Waals surface area contributed by atoms with Crippen LogP contribution >= 0.6 is 0 Å². The topological polar surface area (TPSA) is 45.0 Å². The lowest BCUT2D eigenvalue weighted by Crippen LogP contribution is -2.23. The molecule has 3 N–H and O–H groups in total. The van der Waals surface area contributed by atoms with Crippen molar-refractivity contribution in [3.8, 4) is 0 Å². The van der Waals surface area contributed by atoms with E-state index in [1.807, 2.05) is 0 Å². The fourth-order valence-corrected chi connectivity index (χ4v) is 3.01. The highest BCUT2D eigenvalue weighted by molar-refractivity contribution is 5.84. The summed E-state index contributed by atoms with van der Waals surface area (Å²) in [6.07, 6.45) is 1.25. The Bertz CT molecular complexity index is 544. The molecule has 3 rings (SSSR count). The zero-order valence-electron chi connectivity index (χ0n) is 10.9. The number of rotatable bonds is 3. The maximum atomic E-state index is 5.76. The van der Waals surface area contributed by atoms with Crippen molar-refractivity contribution < 1.29 is 0 Å². The molecule has 0 aliphatic carbocycles. The second-order valence-corrected chi connectivity index (χ2v) is 5.40. The number of hydrogen-bond acceptors (Lipinski definition) is 2. The van der Waals surface area contributed by atoms with Crippen molar-refractivity contribution in [2.45, 2.75) is 19.9 Å². The maximum Gasteiger partial charge on any atom is 0.0459 e. The SMILES string of the molecule is Cc1[nH]c2ccccc2c1CN1CCC(CN)C1. The lowest BCUT2D eigenvalue weighted by Gasteiger charge is -2.15. The average molecular weight is 243 g/mol. The van der Waals surface area contributed by atoms with Crippen LogP contribution < -0.4 is 5.73 Å². The van der Waals surface area contributed by atoms with E-state index in [-0.39, 0.29) is 0 Å². The molecule has 1 saturated heterocycles. The molecule has 2 aromatic rings. The molecule has 3 heteroatoms. The summed E-state index contributed by atoms with van der Waals surface area (Å²) in [5.74, 6) is 0.690. The fraction of sp³-hybridized carbons (Fsp3) is 0.467. The minimum atomic E-state index is 0.690. The summed E-state index contributed by atoms with van der Waals surface area (Å²) in [5, 5.41) is 1.37. The average Bonchev–Trinajstić information content (AvgIpc) is 2.96. The molecule has 0 bridgehead atoms. The number of likely N-dealkylation sites (tertiary alicyclic amines) is 1.